The van der Waals surface area contributed by atoms with E-state index in [0.29, 0.717) is 40.3 Å². The van der Waals surface area contributed by atoms with Crippen LogP contribution in [0.5, 0.6) is 5.75 Å². The minimum Gasteiger partial charge on any atom is -0.492 e. The van der Waals surface area contributed by atoms with Crippen LogP contribution >= 0.6 is 0 Å². The second kappa shape index (κ2) is 8.61. The van der Waals surface area contributed by atoms with Crippen LogP contribution in [0, 0.1) is 13.8 Å². The lowest BCUT2D eigenvalue weighted by atomic mass is 10.1. The van der Waals surface area contributed by atoms with Crippen LogP contribution in [0.2, 0.25) is 0 Å². The molecule has 0 saturated carbocycles. The van der Waals surface area contributed by atoms with Gasteiger partial charge in [0.1, 0.15) is 12.4 Å². The number of anilines is 1. The number of benzene rings is 1. The van der Waals surface area contributed by atoms with E-state index in [0.717, 1.165) is 12.3 Å². The Morgan fingerprint density at radius 3 is 2.69 bits per heavy atom. The number of aryl methyl sites for hydroxylation is 2. The molecule has 1 aliphatic heterocycles. The second-order valence-corrected chi connectivity index (χ2v) is 7.49. The summed E-state index contributed by atoms with van der Waals surface area (Å²) in [6.07, 6.45) is 3.91. The first-order valence-corrected chi connectivity index (χ1v) is 10.1. The van der Waals surface area contributed by atoms with Crippen molar-refractivity contribution in [3.05, 3.63) is 47.3 Å². The van der Waals surface area contributed by atoms with Crippen LogP contribution in [-0.2, 0) is 0 Å². The number of likely N-dealkylation sites (tertiary alicyclic amines) is 1. The summed E-state index contributed by atoms with van der Waals surface area (Å²) in [4.78, 5) is 19.6. The van der Waals surface area contributed by atoms with Crippen molar-refractivity contribution in [2.45, 2.75) is 33.1 Å². The van der Waals surface area contributed by atoms with Crippen LogP contribution in [0.25, 0.3) is 11.1 Å². The van der Waals surface area contributed by atoms with E-state index in [1.165, 1.54) is 32.4 Å². The lowest BCUT2D eigenvalue weighted by Gasteiger charge is -2.26. The molecule has 29 heavy (non-hydrogen) atoms. The Kier molecular flexibility index (Phi) is 5.76. The van der Waals surface area contributed by atoms with Gasteiger partial charge in [-0.25, -0.2) is 4.98 Å². The average molecular weight is 394 g/mol. The van der Waals surface area contributed by atoms with Crippen molar-refractivity contribution in [2.24, 2.45) is 0 Å². The fraction of sp³-hybridized carbons (Fsp3) is 0.409. The van der Waals surface area contributed by atoms with Gasteiger partial charge in [-0.2, -0.15) is 0 Å². The van der Waals surface area contributed by atoms with Crippen LogP contribution in [0.15, 0.2) is 34.9 Å². The monoisotopic (exact) mass is 394 g/mol. The number of hydrogen-bond acceptors (Lipinski definition) is 6. The lowest BCUT2D eigenvalue weighted by molar-refractivity contribution is 0.102. The highest BCUT2D eigenvalue weighted by molar-refractivity contribution is 6.12. The molecule has 0 unspecified atom stereocenters. The molecule has 1 N–H and O–H groups in total. The summed E-state index contributed by atoms with van der Waals surface area (Å²) >= 11 is 0. The molecule has 1 saturated heterocycles. The van der Waals surface area contributed by atoms with E-state index in [-0.39, 0.29) is 5.91 Å². The topological polar surface area (TPSA) is 80.5 Å². The van der Waals surface area contributed by atoms with Crippen molar-refractivity contribution < 1.29 is 14.1 Å². The van der Waals surface area contributed by atoms with Crippen molar-refractivity contribution in [3.63, 3.8) is 0 Å². The highest BCUT2D eigenvalue weighted by Crippen LogP contribution is 2.23. The van der Waals surface area contributed by atoms with Crippen molar-refractivity contribution in [1.29, 1.82) is 0 Å². The number of nitrogens with one attached hydrogen (secondary N) is 1. The number of hydrogen-bond donors (Lipinski definition) is 1. The lowest BCUT2D eigenvalue weighted by Crippen LogP contribution is -2.33. The number of fused-ring (bicyclic) bond motifs is 1. The summed E-state index contributed by atoms with van der Waals surface area (Å²) in [5.74, 6) is 0.586. The van der Waals surface area contributed by atoms with E-state index in [2.05, 4.69) is 20.4 Å². The summed E-state index contributed by atoms with van der Waals surface area (Å²) in [6.45, 7) is 7.59. The Bertz CT molecular complexity index is 991. The van der Waals surface area contributed by atoms with Gasteiger partial charge in [0.05, 0.1) is 16.6 Å². The van der Waals surface area contributed by atoms with E-state index in [4.69, 9.17) is 9.26 Å². The van der Waals surface area contributed by atoms with Gasteiger partial charge in [-0.15, -0.1) is 0 Å². The van der Waals surface area contributed by atoms with Crippen LogP contribution in [0.4, 0.5) is 5.69 Å². The summed E-state index contributed by atoms with van der Waals surface area (Å²) in [5.41, 5.74) is 2.94. The van der Waals surface area contributed by atoms with Gasteiger partial charge >= 0.3 is 0 Å². The molecule has 0 spiro atoms. The van der Waals surface area contributed by atoms with Gasteiger partial charge in [-0.05, 0) is 70.1 Å². The molecule has 0 atom stereocenters. The highest BCUT2D eigenvalue weighted by Gasteiger charge is 2.18. The Balaban J connectivity index is 1.37. The zero-order valence-corrected chi connectivity index (χ0v) is 16.9. The molecule has 1 aromatic carbocycles. The van der Waals surface area contributed by atoms with Crippen molar-refractivity contribution in [1.82, 2.24) is 15.0 Å². The maximum Gasteiger partial charge on any atom is 0.258 e. The van der Waals surface area contributed by atoms with Crippen LogP contribution < -0.4 is 10.1 Å². The predicted molar refractivity (Wildman–Crippen MR) is 111 cm³/mol. The fourth-order valence-electron chi connectivity index (χ4n) is 3.71. The smallest absolute Gasteiger partial charge is 0.258 e. The second-order valence-electron chi connectivity index (χ2n) is 7.49. The van der Waals surface area contributed by atoms with Crippen LogP contribution in [0.3, 0.4) is 0 Å². The van der Waals surface area contributed by atoms with Crippen LogP contribution in [0.1, 0.15) is 41.0 Å². The number of rotatable bonds is 6. The fourth-order valence-corrected chi connectivity index (χ4v) is 3.71. The van der Waals surface area contributed by atoms with E-state index < -0.39 is 0 Å². The molecule has 1 fully saturated rings. The molecule has 4 rings (SSSR count). The van der Waals surface area contributed by atoms with Crippen LogP contribution in [-0.4, -0.2) is 47.2 Å². The Morgan fingerprint density at radius 1 is 1.17 bits per heavy atom. The number of pyridine rings is 1. The Morgan fingerprint density at radius 2 is 1.93 bits per heavy atom. The zero-order valence-electron chi connectivity index (χ0n) is 16.9. The molecule has 152 valence electrons. The molecular formula is C22H26N4O3. The first-order valence-electron chi connectivity index (χ1n) is 10.1. The molecule has 3 aromatic rings. The highest BCUT2D eigenvalue weighted by atomic mass is 16.5. The number of aromatic nitrogens is 2. The number of nitrogens with zero attached hydrogens (tertiary/aromatic N) is 3. The van der Waals surface area contributed by atoms with E-state index in [9.17, 15) is 4.79 Å². The standard InChI is InChI=1S/C22H26N4O3/c1-15-14-19(20-16(2)25-29-22(20)23-15)21(27)24-17-6-8-18(9-7-17)28-13-12-26-10-4-3-5-11-26/h6-9,14H,3-5,10-13H2,1-2H3,(H,24,27). The number of amides is 1. The first-order chi connectivity index (χ1) is 14.1. The van der Waals surface area contributed by atoms with Gasteiger partial charge in [0.2, 0.25) is 0 Å². The van der Waals surface area contributed by atoms with Crippen molar-refractivity contribution in [3.8, 4) is 5.75 Å². The largest absolute Gasteiger partial charge is 0.492 e. The molecule has 0 bridgehead atoms. The maximum absolute atomic E-state index is 12.8. The molecule has 1 amide bonds. The normalized spacial score (nSPS) is 14.8. The summed E-state index contributed by atoms with van der Waals surface area (Å²) in [5, 5.41) is 7.50. The number of piperidine rings is 1. The average Bonchev–Trinajstić information content (AvgIpc) is 3.10. The quantitative estimate of drug-likeness (QED) is 0.682. The van der Waals surface area contributed by atoms with Gasteiger partial charge in [0, 0.05) is 17.9 Å². The zero-order chi connectivity index (χ0) is 20.2. The SMILES string of the molecule is Cc1cc(C(=O)Nc2ccc(OCCN3CCCCC3)cc2)c2c(C)noc2n1. The molecule has 0 radical (unpaired) electrons. The van der Waals surface area contributed by atoms with E-state index in [1.807, 2.05) is 31.2 Å². The first kappa shape index (κ1) is 19.4. The molecule has 7 nitrogen and oxygen atoms in total. The molecule has 3 heterocycles. The molecule has 7 heteroatoms. The Labute approximate surface area is 170 Å². The third-order valence-electron chi connectivity index (χ3n) is 5.23. The number of carbonyl (C=O) groups excluding carboxylic acids is 1. The predicted octanol–water partition coefficient (Wildman–Crippen LogP) is 3.96. The molecule has 1 aliphatic rings. The van der Waals surface area contributed by atoms with Gasteiger partial charge < -0.3 is 14.6 Å². The number of carbonyl (C=O) groups is 1. The third-order valence-corrected chi connectivity index (χ3v) is 5.23. The van der Waals surface area contributed by atoms with Crippen molar-refractivity contribution >= 4 is 22.7 Å². The maximum atomic E-state index is 12.8. The summed E-state index contributed by atoms with van der Waals surface area (Å²) < 4.78 is 11.1. The molecule has 0 aliphatic carbocycles. The Hall–Kier alpha value is -2.93. The minimum absolute atomic E-state index is 0.217. The minimum atomic E-state index is -0.217. The van der Waals surface area contributed by atoms with Gasteiger partial charge in [-0.1, -0.05) is 11.6 Å². The summed E-state index contributed by atoms with van der Waals surface area (Å²) in [7, 11) is 0. The molecular weight excluding hydrogens is 368 g/mol. The summed E-state index contributed by atoms with van der Waals surface area (Å²) in [6, 6.07) is 9.20. The molecule has 2 aromatic heterocycles. The van der Waals surface area contributed by atoms with E-state index >= 15 is 0 Å². The number of ether oxygens (including phenoxy) is 1. The third kappa shape index (κ3) is 4.56. The van der Waals surface area contributed by atoms with Gasteiger partial charge in [0.25, 0.3) is 11.6 Å². The van der Waals surface area contributed by atoms with Gasteiger partial charge in [0.15, 0.2) is 0 Å². The van der Waals surface area contributed by atoms with Crippen molar-refractivity contribution in [2.75, 3.05) is 31.6 Å². The van der Waals surface area contributed by atoms with Gasteiger partial charge in [-0.3, -0.25) is 9.69 Å². The van der Waals surface area contributed by atoms with E-state index in [1.54, 1.807) is 13.0 Å².